The minimum atomic E-state index is -0.392. The molecule has 5 heteroatoms. The monoisotopic (exact) mass is 309 g/mol. The van der Waals surface area contributed by atoms with Gasteiger partial charge in [0.1, 0.15) is 17.5 Å². The first-order valence-corrected chi connectivity index (χ1v) is 7.41. The largest absolute Gasteiger partial charge is 0.465 e. The van der Waals surface area contributed by atoms with Crippen molar-refractivity contribution in [1.29, 1.82) is 5.26 Å². The number of nitriles is 1. The van der Waals surface area contributed by atoms with Crippen molar-refractivity contribution in [2.24, 2.45) is 0 Å². The number of carbonyl (C=O) groups excluding carboxylic acids is 1. The van der Waals surface area contributed by atoms with Gasteiger partial charge in [0, 0.05) is 11.3 Å². The highest BCUT2D eigenvalue weighted by Crippen LogP contribution is 2.33. The van der Waals surface area contributed by atoms with Gasteiger partial charge in [-0.2, -0.15) is 5.26 Å². The molecule has 0 saturated carbocycles. The van der Waals surface area contributed by atoms with E-state index in [-0.39, 0.29) is 5.82 Å². The van der Waals surface area contributed by atoms with Crippen LogP contribution in [0, 0.1) is 18.3 Å². The Hall–Kier alpha value is -2.87. The van der Waals surface area contributed by atoms with Gasteiger partial charge < -0.3 is 10.5 Å². The quantitative estimate of drug-likeness (QED) is 0.876. The Morgan fingerprint density at radius 3 is 2.52 bits per heavy atom. The number of nitrogens with two attached hydrogens (primary N) is 1. The molecular formula is C18H19N3O2. The highest BCUT2D eigenvalue weighted by atomic mass is 16.5. The Balaban J connectivity index is 2.66. The van der Waals surface area contributed by atoms with Crippen LogP contribution in [0.5, 0.6) is 0 Å². The first kappa shape index (κ1) is 16.5. The number of rotatable bonds is 4. The van der Waals surface area contributed by atoms with Gasteiger partial charge >= 0.3 is 5.97 Å². The number of carbonyl (C=O) groups is 1. The lowest BCUT2D eigenvalue weighted by Gasteiger charge is -2.15. The van der Waals surface area contributed by atoms with E-state index < -0.39 is 5.97 Å². The smallest absolute Gasteiger partial charge is 0.337 e. The molecule has 1 aromatic heterocycles. The van der Waals surface area contributed by atoms with E-state index >= 15 is 0 Å². The van der Waals surface area contributed by atoms with Crippen LogP contribution in [0.25, 0.3) is 11.1 Å². The number of benzene rings is 1. The van der Waals surface area contributed by atoms with Crippen LogP contribution in [0.1, 0.15) is 40.5 Å². The van der Waals surface area contributed by atoms with Gasteiger partial charge in [-0.1, -0.05) is 25.5 Å². The van der Waals surface area contributed by atoms with E-state index in [2.05, 4.69) is 18.0 Å². The summed E-state index contributed by atoms with van der Waals surface area (Å²) >= 11 is 0. The number of methoxy groups -OCH3 is 1. The SMILES string of the molecule is CCCc1c(C)nc(N)c(C#N)c1-c1ccc(C(=O)OC)cc1. The minimum Gasteiger partial charge on any atom is -0.465 e. The van der Waals surface area contributed by atoms with Gasteiger partial charge in [-0.25, -0.2) is 9.78 Å². The molecule has 0 aliphatic carbocycles. The molecule has 0 unspecified atom stereocenters. The molecule has 0 atom stereocenters. The van der Waals surface area contributed by atoms with E-state index in [4.69, 9.17) is 10.5 Å². The molecule has 1 heterocycles. The molecule has 2 aromatic rings. The zero-order valence-corrected chi connectivity index (χ0v) is 13.5. The molecule has 5 nitrogen and oxygen atoms in total. The Bertz CT molecular complexity index is 774. The molecule has 0 amide bonds. The summed E-state index contributed by atoms with van der Waals surface area (Å²) in [6.07, 6.45) is 1.74. The predicted molar refractivity (Wildman–Crippen MR) is 88.9 cm³/mol. The molecule has 0 aliphatic rings. The maximum atomic E-state index is 11.6. The molecule has 2 rings (SSSR count). The number of hydrogen-bond acceptors (Lipinski definition) is 5. The van der Waals surface area contributed by atoms with Crippen LogP contribution in [0.2, 0.25) is 0 Å². The van der Waals surface area contributed by atoms with E-state index in [1.165, 1.54) is 7.11 Å². The highest BCUT2D eigenvalue weighted by Gasteiger charge is 2.18. The lowest BCUT2D eigenvalue weighted by Crippen LogP contribution is -2.06. The first-order chi connectivity index (χ1) is 11.0. The summed E-state index contributed by atoms with van der Waals surface area (Å²) in [6.45, 7) is 3.97. The molecule has 23 heavy (non-hydrogen) atoms. The van der Waals surface area contributed by atoms with Crippen molar-refractivity contribution < 1.29 is 9.53 Å². The predicted octanol–water partition coefficient (Wildman–Crippen LogP) is 3.25. The molecule has 0 spiro atoms. The number of nitrogen functional groups attached to an aromatic ring is 1. The summed E-state index contributed by atoms with van der Waals surface area (Å²) in [4.78, 5) is 15.8. The van der Waals surface area contributed by atoms with Crippen molar-refractivity contribution in [3.8, 4) is 17.2 Å². The summed E-state index contributed by atoms with van der Waals surface area (Å²) in [6, 6.07) is 9.14. The lowest BCUT2D eigenvalue weighted by molar-refractivity contribution is 0.0601. The second-order valence-corrected chi connectivity index (χ2v) is 5.24. The fraction of sp³-hybridized carbons (Fsp3) is 0.278. The Kier molecular flexibility index (Phi) is 4.97. The standard InChI is InChI=1S/C18H19N3O2/c1-4-5-14-11(2)21-17(20)15(10-19)16(14)12-6-8-13(9-7-12)18(22)23-3/h6-9H,4-5H2,1-3H3,(H2,20,21). The van der Waals surface area contributed by atoms with E-state index in [0.29, 0.717) is 11.1 Å². The van der Waals surface area contributed by atoms with Gasteiger partial charge in [-0.3, -0.25) is 0 Å². The maximum Gasteiger partial charge on any atom is 0.337 e. The average molecular weight is 309 g/mol. The van der Waals surface area contributed by atoms with Gasteiger partial charge in [-0.05, 0) is 36.6 Å². The molecule has 0 saturated heterocycles. The van der Waals surface area contributed by atoms with Crippen molar-refractivity contribution in [3.63, 3.8) is 0 Å². The number of nitrogens with zero attached hydrogens (tertiary/aromatic N) is 2. The van der Waals surface area contributed by atoms with Gasteiger partial charge in [-0.15, -0.1) is 0 Å². The summed E-state index contributed by atoms with van der Waals surface area (Å²) in [5, 5.41) is 9.48. The molecule has 2 N–H and O–H groups in total. The second kappa shape index (κ2) is 6.93. The minimum absolute atomic E-state index is 0.233. The third kappa shape index (κ3) is 3.16. The number of hydrogen-bond donors (Lipinski definition) is 1. The fourth-order valence-electron chi connectivity index (χ4n) is 2.64. The molecule has 0 radical (unpaired) electrons. The van der Waals surface area contributed by atoms with Crippen molar-refractivity contribution in [2.45, 2.75) is 26.7 Å². The van der Waals surface area contributed by atoms with Crippen molar-refractivity contribution in [1.82, 2.24) is 4.98 Å². The zero-order chi connectivity index (χ0) is 17.0. The summed E-state index contributed by atoms with van der Waals surface area (Å²) < 4.78 is 4.71. The van der Waals surface area contributed by atoms with Gasteiger partial charge in [0.15, 0.2) is 0 Å². The van der Waals surface area contributed by atoms with E-state index in [1.807, 2.05) is 6.92 Å². The number of pyridine rings is 1. The third-order valence-corrected chi connectivity index (χ3v) is 3.74. The van der Waals surface area contributed by atoms with Crippen LogP contribution >= 0.6 is 0 Å². The number of esters is 1. The van der Waals surface area contributed by atoms with Crippen molar-refractivity contribution in [2.75, 3.05) is 12.8 Å². The number of ether oxygens (including phenoxy) is 1. The third-order valence-electron chi connectivity index (χ3n) is 3.74. The Morgan fingerprint density at radius 1 is 1.35 bits per heavy atom. The zero-order valence-electron chi connectivity index (χ0n) is 13.5. The molecule has 0 fully saturated rings. The second-order valence-electron chi connectivity index (χ2n) is 5.24. The normalized spacial score (nSPS) is 10.2. The van der Waals surface area contributed by atoms with Crippen molar-refractivity contribution >= 4 is 11.8 Å². The first-order valence-electron chi connectivity index (χ1n) is 7.41. The van der Waals surface area contributed by atoms with Crippen LogP contribution in [-0.4, -0.2) is 18.1 Å². The maximum absolute atomic E-state index is 11.6. The topological polar surface area (TPSA) is 89.0 Å². The van der Waals surface area contributed by atoms with E-state index in [9.17, 15) is 10.1 Å². The lowest BCUT2D eigenvalue weighted by atomic mass is 9.91. The number of aryl methyl sites for hydroxylation is 1. The van der Waals surface area contributed by atoms with Crippen LogP contribution in [0.3, 0.4) is 0 Å². The van der Waals surface area contributed by atoms with Crippen molar-refractivity contribution in [3.05, 3.63) is 46.6 Å². The van der Waals surface area contributed by atoms with Gasteiger partial charge in [0.2, 0.25) is 0 Å². The Morgan fingerprint density at radius 2 is 2.00 bits per heavy atom. The van der Waals surface area contributed by atoms with Gasteiger partial charge in [0.25, 0.3) is 0 Å². The highest BCUT2D eigenvalue weighted by molar-refractivity contribution is 5.90. The molecular weight excluding hydrogens is 290 g/mol. The summed E-state index contributed by atoms with van der Waals surface area (Å²) in [5.74, 6) is -0.159. The summed E-state index contributed by atoms with van der Waals surface area (Å²) in [7, 11) is 1.34. The number of anilines is 1. The van der Waals surface area contributed by atoms with Crippen LogP contribution in [-0.2, 0) is 11.2 Å². The molecule has 0 aliphatic heterocycles. The molecule has 1 aromatic carbocycles. The Labute approximate surface area is 135 Å². The average Bonchev–Trinajstić information content (AvgIpc) is 2.56. The van der Waals surface area contributed by atoms with Gasteiger partial charge in [0.05, 0.1) is 12.7 Å². The molecule has 0 bridgehead atoms. The fourth-order valence-corrected chi connectivity index (χ4v) is 2.64. The number of aromatic nitrogens is 1. The van der Waals surface area contributed by atoms with Crippen LogP contribution in [0.4, 0.5) is 5.82 Å². The van der Waals surface area contributed by atoms with Crippen LogP contribution in [0.15, 0.2) is 24.3 Å². The summed E-state index contributed by atoms with van der Waals surface area (Å²) in [5.41, 5.74) is 10.3. The van der Waals surface area contributed by atoms with E-state index in [1.54, 1.807) is 24.3 Å². The van der Waals surface area contributed by atoms with E-state index in [0.717, 1.165) is 35.2 Å². The molecule has 118 valence electrons. The van der Waals surface area contributed by atoms with Crippen LogP contribution < -0.4 is 5.73 Å².